The van der Waals surface area contributed by atoms with Crippen LogP contribution >= 0.6 is 11.6 Å². The van der Waals surface area contributed by atoms with Gasteiger partial charge in [0.05, 0.1) is 34.1 Å². The van der Waals surface area contributed by atoms with Gasteiger partial charge in [0.25, 0.3) is 0 Å². The molecule has 0 bridgehead atoms. The van der Waals surface area contributed by atoms with E-state index in [0.717, 1.165) is 0 Å². The second-order valence-corrected chi connectivity index (χ2v) is 9.52. The average Bonchev–Trinajstić information content (AvgIpc) is 2.93. The Morgan fingerprint density at radius 1 is 1.24 bits per heavy atom. The molecule has 0 fully saturated rings. The van der Waals surface area contributed by atoms with Crippen LogP contribution in [0.3, 0.4) is 0 Å². The minimum Gasteiger partial charge on any atom is -0.506 e. The van der Waals surface area contributed by atoms with Gasteiger partial charge < -0.3 is 30.5 Å². The molecule has 0 aliphatic rings. The largest absolute Gasteiger partial charge is 0.506 e. The number of hydrogen-bond acceptors (Lipinski definition) is 8. The van der Waals surface area contributed by atoms with E-state index in [1.165, 1.54) is 36.5 Å². The summed E-state index contributed by atoms with van der Waals surface area (Å²) < 4.78 is 19.2. The number of nitriles is 1. The lowest BCUT2D eigenvalue weighted by Crippen LogP contribution is -2.22. The fourth-order valence-electron chi connectivity index (χ4n) is 3.95. The van der Waals surface area contributed by atoms with Crippen molar-refractivity contribution in [3.05, 3.63) is 94.9 Å². The highest BCUT2D eigenvalue weighted by atomic mass is 35.5. The normalized spacial score (nSPS) is 11.1. The molecule has 1 amide bonds. The van der Waals surface area contributed by atoms with Crippen LogP contribution in [0.5, 0.6) is 11.5 Å². The first kappa shape index (κ1) is 29.3. The molecule has 4 N–H and O–H groups in total. The molecule has 0 unspecified atom stereocenters. The van der Waals surface area contributed by atoms with Gasteiger partial charge in [0.1, 0.15) is 30.0 Å². The van der Waals surface area contributed by atoms with E-state index in [1.54, 1.807) is 36.4 Å². The first-order valence-electron chi connectivity index (χ1n) is 12.5. The van der Waals surface area contributed by atoms with Crippen LogP contribution in [0.15, 0.2) is 72.9 Å². The number of aromatic hydroxyl groups is 1. The van der Waals surface area contributed by atoms with E-state index >= 15 is 0 Å². The maximum Gasteiger partial charge on any atom is 0.248 e. The molecule has 1 aromatic heterocycles. The number of benzene rings is 3. The van der Waals surface area contributed by atoms with Crippen molar-refractivity contribution in [3.63, 3.8) is 0 Å². The minimum atomic E-state index is -0.462. The van der Waals surface area contributed by atoms with Crippen LogP contribution in [0, 0.1) is 17.1 Å². The summed E-state index contributed by atoms with van der Waals surface area (Å²) in [6, 6.07) is 16.1. The predicted molar refractivity (Wildman–Crippen MR) is 156 cm³/mol. The van der Waals surface area contributed by atoms with Gasteiger partial charge in [0, 0.05) is 42.5 Å². The van der Waals surface area contributed by atoms with E-state index in [-0.39, 0.29) is 36.0 Å². The highest BCUT2D eigenvalue weighted by molar-refractivity contribution is 6.32. The number of aliphatic hydroxyl groups excluding tert-OH is 1. The van der Waals surface area contributed by atoms with Crippen LogP contribution in [0.25, 0.3) is 10.9 Å². The molecule has 210 valence electrons. The van der Waals surface area contributed by atoms with Gasteiger partial charge in [-0.05, 0) is 49.0 Å². The fourth-order valence-corrected chi connectivity index (χ4v) is 4.19. The molecule has 0 aliphatic carbocycles. The van der Waals surface area contributed by atoms with Crippen molar-refractivity contribution in [1.82, 2.24) is 9.88 Å². The van der Waals surface area contributed by atoms with E-state index in [9.17, 15) is 19.6 Å². The van der Waals surface area contributed by atoms with Crippen LogP contribution in [0.1, 0.15) is 11.1 Å². The number of halogens is 2. The zero-order valence-corrected chi connectivity index (χ0v) is 22.8. The summed E-state index contributed by atoms with van der Waals surface area (Å²) >= 11 is 6.45. The smallest absolute Gasteiger partial charge is 0.248 e. The van der Waals surface area contributed by atoms with Crippen molar-refractivity contribution in [2.45, 2.75) is 6.61 Å². The van der Waals surface area contributed by atoms with E-state index in [1.807, 2.05) is 11.9 Å². The third kappa shape index (κ3) is 7.70. The lowest BCUT2D eigenvalue weighted by Gasteiger charge is -2.15. The van der Waals surface area contributed by atoms with Crippen molar-refractivity contribution in [3.8, 4) is 17.6 Å². The quantitative estimate of drug-likeness (QED) is 0.139. The van der Waals surface area contributed by atoms with Gasteiger partial charge in [-0.3, -0.25) is 9.78 Å². The second kappa shape index (κ2) is 13.6. The van der Waals surface area contributed by atoms with Crippen LogP contribution in [0.2, 0.25) is 5.02 Å². The van der Waals surface area contributed by atoms with Gasteiger partial charge in [-0.25, -0.2) is 4.39 Å². The molecule has 0 spiro atoms. The molecule has 0 saturated heterocycles. The molecule has 0 saturated carbocycles. The van der Waals surface area contributed by atoms with Crippen molar-refractivity contribution in [2.75, 3.05) is 37.4 Å². The number of ether oxygens (including phenoxy) is 1. The SMILES string of the molecule is CN(C/C=C/C(=O)Nc1cc2c(Nc3ccc(OCc4cccc(F)c4)c(Cl)c3)c(C#N)cnc2cc1O)CCO. The number of aromatic nitrogens is 1. The summed E-state index contributed by atoms with van der Waals surface area (Å²) in [5.41, 5.74) is 2.36. The maximum atomic E-state index is 13.5. The lowest BCUT2D eigenvalue weighted by molar-refractivity contribution is -0.111. The molecule has 0 aliphatic heterocycles. The van der Waals surface area contributed by atoms with Gasteiger partial charge in [-0.15, -0.1) is 0 Å². The molecule has 3 aromatic carbocycles. The van der Waals surface area contributed by atoms with Crippen LogP contribution in [-0.4, -0.2) is 52.7 Å². The Bertz CT molecular complexity index is 1640. The van der Waals surface area contributed by atoms with Gasteiger partial charge in [-0.1, -0.05) is 29.8 Å². The number of anilines is 3. The zero-order valence-electron chi connectivity index (χ0n) is 22.1. The Morgan fingerprint density at radius 2 is 2.07 bits per heavy atom. The molecular formula is C30H27ClFN5O4. The Kier molecular flexibility index (Phi) is 9.71. The molecule has 4 rings (SSSR count). The number of phenolic OH excluding ortho intramolecular Hbond substituents is 1. The third-order valence-electron chi connectivity index (χ3n) is 6.02. The van der Waals surface area contributed by atoms with E-state index in [0.29, 0.717) is 51.7 Å². The Labute approximate surface area is 241 Å². The first-order valence-corrected chi connectivity index (χ1v) is 12.9. The molecule has 0 radical (unpaired) electrons. The number of amides is 1. The standard InChI is InChI=1S/C30H27ClFN5O4/c1-37(10-11-38)9-3-6-29(40)36-26-14-23-25(15-27(26)39)34-17-20(16-33)30(23)35-22-7-8-28(24(31)13-22)41-18-19-4-2-5-21(32)12-19/h2-8,12-15,17,38-39H,9-11,18H2,1H3,(H,34,35)(H,36,40)/b6-3+. The summed E-state index contributed by atoms with van der Waals surface area (Å²) in [5, 5.41) is 35.8. The van der Waals surface area contributed by atoms with Crippen LogP contribution < -0.4 is 15.4 Å². The number of pyridine rings is 1. The van der Waals surface area contributed by atoms with Crippen molar-refractivity contribution >= 4 is 45.5 Å². The summed E-state index contributed by atoms with van der Waals surface area (Å²) in [7, 11) is 1.81. The molecule has 0 atom stereocenters. The number of likely N-dealkylation sites (N-methyl/N-ethyl adjacent to an activating group) is 1. The molecule has 9 nitrogen and oxygen atoms in total. The van der Waals surface area contributed by atoms with E-state index in [4.69, 9.17) is 21.4 Å². The van der Waals surface area contributed by atoms with Gasteiger partial charge in [0.15, 0.2) is 0 Å². The van der Waals surface area contributed by atoms with Crippen molar-refractivity contribution < 1.29 is 24.1 Å². The highest BCUT2D eigenvalue weighted by Gasteiger charge is 2.15. The summed E-state index contributed by atoms with van der Waals surface area (Å²) in [6.07, 6.45) is 4.35. The second-order valence-electron chi connectivity index (χ2n) is 9.11. The first-order chi connectivity index (χ1) is 19.8. The number of phenols is 1. The molecule has 11 heteroatoms. The van der Waals surface area contributed by atoms with Crippen molar-refractivity contribution in [2.24, 2.45) is 0 Å². The summed E-state index contributed by atoms with van der Waals surface area (Å²) in [5.74, 6) is -0.615. The molecular weight excluding hydrogens is 549 g/mol. The number of carbonyl (C=O) groups excluding carboxylic acids is 1. The van der Waals surface area contributed by atoms with Gasteiger partial charge in [0.2, 0.25) is 5.91 Å². The number of hydrogen-bond donors (Lipinski definition) is 4. The number of fused-ring (bicyclic) bond motifs is 1. The minimum absolute atomic E-state index is 0.0112. The molecule has 1 heterocycles. The Hall–Kier alpha value is -4.69. The van der Waals surface area contributed by atoms with Crippen LogP contribution in [0.4, 0.5) is 21.5 Å². The fraction of sp³-hybridized carbons (Fsp3) is 0.167. The predicted octanol–water partition coefficient (Wildman–Crippen LogP) is 5.35. The lowest BCUT2D eigenvalue weighted by atomic mass is 10.1. The molecule has 41 heavy (non-hydrogen) atoms. The molecule has 4 aromatic rings. The maximum absolute atomic E-state index is 13.5. The Morgan fingerprint density at radius 3 is 2.80 bits per heavy atom. The van der Waals surface area contributed by atoms with E-state index < -0.39 is 5.91 Å². The number of aliphatic hydroxyl groups is 1. The summed E-state index contributed by atoms with van der Waals surface area (Å²) in [6.45, 7) is 1.07. The third-order valence-corrected chi connectivity index (χ3v) is 6.31. The number of nitrogens with one attached hydrogen (secondary N) is 2. The number of rotatable bonds is 11. The van der Waals surface area contributed by atoms with Crippen LogP contribution in [-0.2, 0) is 11.4 Å². The number of nitrogens with zero attached hydrogens (tertiary/aromatic N) is 3. The van der Waals surface area contributed by atoms with Gasteiger partial charge >= 0.3 is 0 Å². The van der Waals surface area contributed by atoms with Crippen molar-refractivity contribution in [1.29, 1.82) is 5.26 Å². The summed E-state index contributed by atoms with van der Waals surface area (Å²) in [4.78, 5) is 18.6. The topological polar surface area (TPSA) is 131 Å². The van der Waals surface area contributed by atoms with E-state index in [2.05, 4.69) is 21.7 Å². The zero-order chi connectivity index (χ0) is 29.4. The Balaban J connectivity index is 1.56. The highest BCUT2D eigenvalue weighted by Crippen LogP contribution is 2.37. The monoisotopic (exact) mass is 575 g/mol. The average molecular weight is 576 g/mol. The van der Waals surface area contributed by atoms with Gasteiger partial charge in [-0.2, -0.15) is 5.26 Å². The number of carbonyl (C=O) groups is 1.